The number of rotatable bonds is 5. The molecule has 0 radical (unpaired) electrons. The lowest BCUT2D eigenvalue weighted by Gasteiger charge is -2.10. The zero-order valence-corrected chi connectivity index (χ0v) is 11.9. The van der Waals surface area contributed by atoms with Crippen molar-refractivity contribution < 1.29 is 18.7 Å². The zero-order chi connectivity index (χ0) is 14.5. The maximum Gasteiger partial charge on any atom is 0.328 e. The highest BCUT2D eigenvalue weighted by molar-refractivity contribution is 7.13. The summed E-state index contributed by atoms with van der Waals surface area (Å²) in [5.41, 5.74) is 0.635. The van der Waals surface area contributed by atoms with Crippen LogP contribution in [0.25, 0.3) is 10.8 Å². The van der Waals surface area contributed by atoms with Crippen LogP contribution in [0.5, 0.6) is 0 Å². The Morgan fingerprint density at radius 1 is 1.55 bits per heavy atom. The van der Waals surface area contributed by atoms with Gasteiger partial charge in [-0.15, -0.1) is 11.3 Å². The second-order valence-electron chi connectivity index (χ2n) is 4.11. The van der Waals surface area contributed by atoms with E-state index in [2.05, 4.69) is 15.0 Å². The maximum atomic E-state index is 11.8. The number of aromatic nitrogens is 1. The average Bonchev–Trinajstić information content (AvgIpc) is 3.07. The highest BCUT2D eigenvalue weighted by Gasteiger charge is 2.17. The van der Waals surface area contributed by atoms with E-state index in [9.17, 15) is 9.59 Å². The number of esters is 1. The Labute approximate surface area is 119 Å². The molecule has 2 heterocycles. The Morgan fingerprint density at radius 2 is 2.35 bits per heavy atom. The molecule has 0 aliphatic carbocycles. The predicted octanol–water partition coefficient (Wildman–Crippen LogP) is 1.62. The number of furan rings is 1. The van der Waals surface area contributed by atoms with Gasteiger partial charge in [-0.2, -0.15) is 0 Å². The molecule has 1 N–H and O–H groups in total. The number of nitrogens with one attached hydrogen (secondary N) is 1. The molecule has 0 fully saturated rings. The van der Waals surface area contributed by atoms with Gasteiger partial charge in [0, 0.05) is 5.38 Å². The third-order valence-electron chi connectivity index (χ3n) is 2.56. The van der Waals surface area contributed by atoms with Crippen molar-refractivity contribution in [2.75, 3.05) is 7.11 Å². The summed E-state index contributed by atoms with van der Waals surface area (Å²) in [6.07, 6.45) is 1.68. The minimum Gasteiger partial charge on any atom is -0.467 e. The molecule has 0 saturated carbocycles. The normalized spacial score (nSPS) is 11.9. The van der Waals surface area contributed by atoms with Crippen molar-refractivity contribution >= 4 is 23.2 Å². The number of thiazole rings is 1. The van der Waals surface area contributed by atoms with Crippen molar-refractivity contribution in [3.63, 3.8) is 0 Å². The number of hydrogen-bond acceptors (Lipinski definition) is 6. The van der Waals surface area contributed by atoms with Crippen molar-refractivity contribution in [3.8, 4) is 10.8 Å². The molecule has 0 saturated heterocycles. The molecule has 2 rings (SSSR count). The van der Waals surface area contributed by atoms with E-state index in [4.69, 9.17) is 4.42 Å². The van der Waals surface area contributed by atoms with E-state index in [0.29, 0.717) is 11.5 Å². The lowest BCUT2D eigenvalue weighted by atomic mass is 10.3. The summed E-state index contributed by atoms with van der Waals surface area (Å²) in [4.78, 5) is 27.3. The van der Waals surface area contributed by atoms with Gasteiger partial charge in [0.25, 0.3) is 0 Å². The first kappa shape index (κ1) is 14.3. The van der Waals surface area contributed by atoms with Crippen LogP contribution in [0.4, 0.5) is 0 Å². The largest absolute Gasteiger partial charge is 0.467 e. The van der Waals surface area contributed by atoms with Gasteiger partial charge < -0.3 is 14.5 Å². The molecule has 6 nitrogen and oxygen atoms in total. The molecule has 20 heavy (non-hydrogen) atoms. The molecule has 2 aromatic rings. The van der Waals surface area contributed by atoms with Crippen LogP contribution >= 0.6 is 11.3 Å². The van der Waals surface area contributed by atoms with Gasteiger partial charge in [-0.3, -0.25) is 4.79 Å². The smallest absolute Gasteiger partial charge is 0.328 e. The molecule has 0 spiro atoms. The molecule has 0 aliphatic heterocycles. The van der Waals surface area contributed by atoms with E-state index in [0.717, 1.165) is 5.01 Å². The summed E-state index contributed by atoms with van der Waals surface area (Å²) in [5.74, 6) is -0.0864. The third-order valence-corrected chi connectivity index (χ3v) is 3.46. The van der Waals surface area contributed by atoms with Crippen LogP contribution < -0.4 is 5.32 Å². The number of carbonyl (C=O) groups is 2. The Bertz CT molecular complexity index is 591. The molecular formula is C13H14N2O4S. The summed E-state index contributed by atoms with van der Waals surface area (Å²) < 4.78 is 9.77. The van der Waals surface area contributed by atoms with Gasteiger partial charge in [0.15, 0.2) is 10.8 Å². The number of amides is 1. The fourth-order valence-corrected chi connectivity index (χ4v) is 2.38. The number of nitrogens with zero attached hydrogens (tertiary/aromatic N) is 1. The molecule has 2 aromatic heterocycles. The van der Waals surface area contributed by atoms with Crippen molar-refractivity contribution in [2.45, 2.75) is 19.4 Å². The van der Waals surface area contributed by atoms with Crippen molar-refractivity contribution in [1.29, 1.82) is 0 Å². The minimum atomic E-state index is -0.671. The standard InChI is InChI=1S/C13H14N2O4S/c1-8(13(17)18-2)14-11(16)6-9-7-20-12(15-9)10-4-3-5-19-10/h3-5,7-8H,6H2,1-2H3,(H,14,16). The van der Waals surface area contributed by atoms with Crippen LogP contribution in [-0.4, -0.2) is 30.0 Å². The summed E-state index contributed by atoms with van der Waals surface area (Å²) in [5, 5.41) is 5.06. The van der Waals surface area contributed by atoms with Gasteiger partial charge in [0.2, 0.25) is 5.91 Å². The van der Waals surface area contributed by atoms with Crippen LogP contribution in [0.3, 0.4) is 0 Å². The molecule has 1 amide bonds. The topological polar surface area (TPSA) is 81.4 Å². The summed E-state index contributed by atoms with van der Waals surface area (Å²) >= 11 is 1.40. The Balaban J connectivity index is 1.94. The fraction of sp³-hybridized carbons (Fsp3) is 0.308. The van der Waals surface area contributed by atoms with Crippen LogP contribution in [0.2, 0.25) is 0 Å². The quantitative estimate of drug-likeness (QED) is 0.847. The van der Waals surface area contributed by atoms with Crippen molar-refractivity contribution in [2.24, 2.45) is 0 Å². The first-order valence-corrected chi connectivity index (χ1v) is 6.83. The number of carbonyl (C=O) groups excluding carboxylic acids is 2. The summed E-state index contributed by atoms with van der Waals surface area (Å²) in [6, 6.07) is 2.92. The molecule has 0 bridgehead atoms. The minimum absolute atomic E-state index is 0.110. The lowest BCUT2D eigenvalue weighted by molar-refractivity contribution is -0.144. The third kappa shape index (κ3) is 3.45. The average molecular weight is 294 g/mol. The first-order valence-electron chi connectivity index (χ1n) is 5.95. The second-order valence-corrected chi connectivity index (χ2v) is 4.97. The van der Waals surface area contributed by atoms with E-state index >= 15 is 0 Å². The van der Waals surface area contributed by atoms with E-state index in [1.807, 2.05) is 6.07 Å². The van der Waals surface area contributed by atoms with Gasteiger partial charge in [-0.05, 0) is 19.1 Å². The molecule has 1 unspecified atom stereocenters. The van der Waals surface area contributed by atoms with Gasteiger partial charge in [-0.1, -0.05) is 0 Å². The number of methoxy groups -OCH3 is 1. The predicted molar refractivity (Wildman–Crippen MR) is 73.1 cm³/mol. The number of hydrogen-bond donors (Lipinski definition) is 1. The van der Waals surface area contributed by atoms with Crippen LogP contribution in [0, 0.1) is 0 Å². The van der Waals surface area contributed by atoms with Gasteiger partial charge in [0.05, 0.1) is 25.5 Å². The second kappa shape index (κ2) is 6.33. The lowest BCUT2D eigenvalue weighted by Crippen LogP contribution is -2.39. The van der Waals surface area contributed by atoms with Gasteiger partial charge in [-0.25, -0.2) is 9.78 Å². The Morgan fingerprint density at radius 3 is 3.00 bits per heavy atom. The van der Waals surface area contributed by atoms with E-state index in [1.165, 1.54) is 18.4 Å². The molecule has 0 aromatic carbocycles. The van der Waals surface area contributed by atoms with Crippen molar-refractivity contribution in [1.82, 2.24) is 10.3 Å². The molecular weight excluding hydrogens is 280 g/mol. The SMILES string of the molecule is COC(=O)C(C)NC(=O)Cc1csc(-c2ccco2)n1. The van der Waals surface area contributed by atoms with Crippen LogP contribution in [0.1, 0.15) is 12.6 Å². The van der Waals surface area contributed by atoms with Crippen molar-refractivity contribution in [3.05, 3.63) is 29.5 Å². The van der Waals surface area contributed by atoms with Crippen LogP contribution in [0.15, 0.2) is 28.2 Å². The summed E-state index contributed by atoms with van der Waals surface area (Å²) in [6.45, 7) is 1.57. The van der Waals surface area contributed by atoms with E-state index in [1.54, 1.807) is 24.6 Å². The highest BCUT2D eigenvalue weighted by Crippen LogP contribution is 2.23. The molecule has 106 valence electrons. The monoisotopic (exact) mass is 294 g/mol. The molecule has 0 aliphatic rings. The van der Waals surface area contributed by atoms with Gasteiger partial charge in [0.1, 0.15) is 6.04 Å². The summed E-state index contributed by atoms with van der Waals surface area (Å²) in [7, 11) is 1.28. The first-order chi connectivity index (χ1) is 9.60. The molecule has 1 atom stereocenters. The Hall–Kier alpha value is -2.15. The number of ether oxygens (including phenoxy) is 1. The highest BCUT2D eigenvalue weighted by atomic mass is 32.1. The molecule has 7 heteroatoms. The van der Waals surface area contributed by atoms with E-state index < -0.39 is 12.0 Å². The zero-order valence-electron chi connectivity index (χ0n) is 11.1. The van der Waals surface area contributed by atoms with Gasteiger partial charge >= 0.3 is 5.97 Å². The van der Waals surface area contributed by atoms with Crippen LogP contribution in [-0.2, 0) is 20.7 Å². The fourth-order valence-electron chi connectivity index (χ4n) is 1.59. The van der Waals surface area contributed by atoms with E-state index in [-0.39, 0.29) is 12.3 Å². The maximum absolute atomic E-state index is 11.8. The Kier molecular flexibility index (Phi) is 4.52.